The first-order valence-corrected chi connectivity index (χ1v) is 9.42. The number of rotatable bonds is 2. The number of amides is 1. The lowest BCUT2D eigenvalue weighted by molar-refractivity contribution is 0.0621. The molecule has 5 rings (SSSR count). The van der Waals surface area contributed by atoms with Crippen LogP contribution in [0, 0.1) is 0 Å². The molecule has 3 aromatic rings. The summed E-state index contributed by atoms with van der Waals surface area (Å²) in [5, 5.41) is 3.39. The molecule has 1 unspecified atom stereocenters. The van der Waals surface area contributed by atoms with Crippen LogP contribution in [0.4, 0.5) is 0 Å². The summed E-state index contributed by atoms with van der Waals surface area (Å²) in [5.41, 5.74) is 5.89. The monoisotopic (exact) mass is 358 g/mol. The van der Waals surface area contributed by atoms with Crippen LogP contribution in [0.3, 0.4) is 0 Å². The van der Waals surface area contributed by atoms with Gasteiger partial charge < -0.3 is 14.8 Å². The first-order valence-electron chi connectivity index (χ1n) is 9.42. The molecule has 1 saturated heterocycles. The Morgan fingerprint density at radius 1 is 1.15 bits per heavy atom. The van der Waals surface area contributed by atoms with Crippen LogP contribution in [0.2, 0.25) is 0 Å². The largest absolute Gasteiger partial charge is 0.336 e. The number of carbonyl (C=O) groups excluding carboxylic acids is 1. The SMILES string of the molecule is Cn1ccnc1C1CNCCN1C(=O)c1ccc2c(c1)Cc1ccccc1-2. The van der Waals surface area contributed by atoms with Crippen LogP contribution < -0.4 is 5.32 Å². The number of carbonyl (C=O) groups is 1. The van der Waals surface area contributed by atoms with Crippen molar-refractivity contribution in [2.75, 3.05) is 19.6 Å². The number of hydrogen-bond acceptors (Lipinski definition) is 3. The molecule has 0 radical (unpaired) electrons. The van der Waals surface area contributed by atoms with Crippen molar-refractivity contribution in [2.24, 2.45) is 7.05 Å². The van der Waals surface area contributed by atoms with Crippen LogP contribution in [0.25, 0.3) is 11.1 Å². The van der Waals surface area contributed by atoms with Gasteiger partial charge in [-0.05, 0) is 40.8 Å². The maximum atomic E-state index is 13.4. The fourth-order valence-electron chi connectivity index (χ4n) is 4.32. The Morgan fingerprint density at radius 3 is 2.85 bits per heavy atom. The Bertz CT molecular complexity index is 1020. The van der Waals surface area contributed by atoms with Gasteiger partial charge in [-0.3, -0.25) is 4.79 Å². The van der Waals surface area contributed by atoms with Crippen molar-refractivity contribution in [1.29, 1.82) is 0 Å². The van der Waals surface area contributed by atoms with Crippen molar-refractivity contribution < 1.29 is 4.79 Å². The van der Waals surface area contributed by atoms with Gasteiger partial charge in [0, 0.05) is 44.6 Å². The molecule has 0 bridgehead atoms. The Balaban J connectivity index is 1.47. The maximum absolute atomic E-state index is 13.4. The molecule has 1 aliphatic heterocycles. The number of hydrogen-bond donors (Lipinski definition) is 1. The highest BCUT2D eigenvalue weighted by molar-refractivity contribution is 5.96. The minimum absolute atomic E-state index is 0.0447. The quantitative estimate of drug-likeness (QED) is 0.599. The van der Waals surface area contributed by atoms with Crippen molar-refractivity contribution >= 4 is 5.91 Å². The highest BCUT2D eigenvalue weighted by atomic mass is 16.2. The van der Waals surface area contributed by atoms with E-state index in [0.717, 1.165) is 30.9 Å². The summed E-state index contributed by atoms with van der Waals surface area (Å²) in [6.45, 7) is 2.23. The summed E-state index contributed by atoms with van der Waals surface area (Å²) < 4.78 is 2.00. The second-order valence-electron chi connectivity index (χ2n) is 7.32. The van der Waals surface area contributed by atoms with Crippen LogP contribution >= 0.6 is 0 Å². The predicted molar refractivity (Wildman–Crippen MR) is 105 cm³/mol. The second-order valence-corrected chi connectivity index (χ2v) is 7.32. The van der Waals surface area contributed by atoms with Crippen molar-refractivity contribution in [2.45, 2.75) is 12.5 Å². The minimum atomic E-state index is -0.0447. The zero-order valence-electron chi connectivity index (χ0n) is 15.4. The molecule has 27 heavy (non-hydrogen) atoms. The van der Waals surface area contributed by atoms with E-state index in [2.05, 4.69) is 46.7 Å². The highest BCUT2D eigenvalue weighted by Gasteiger charge is 2.31. The van der Waals surface area contributed by atoms with Gasteiger partial charge in [-0.25, -0.2) is 4.98 Å². The first-order chi connectivity index (χ1) is 13.2. The van der Waals surface area contributed by atoms with Crippen molar-refractivity contribution in [3.05, 3.63) is 77.4 Å². The van der Waals surface area contributed by atoms with Crippen molar-refractivity contribution in [3.63, 3.8) is 0 Å². The molecule has 5 nitrogen and oxygen atoms in total. The van der Waals surface area contributed by atoms with E-state index in [4.69, 9.17) is 0 Å². The van der Waals surface area contributed by atoms with Gasteiger partial charge in [0.2, 0.25) is 0 Å². The van der Waals surface area contributed by atoms with Crippen LogP contribution in [0.1, 0.15) is 33.4 Å². The molecule has 2 aromatic carbocycles. The Morgan fingerprint density at radius 2 is 2.00 bits per heavy atom. The lowest BCUT2D eigenvalue weighted by atomic mass is 10.0. The molecular weight excluding hydrogens is 336 g/mol. The molecule has 1 amide bonds. The second kappa shape index (κ2) is 6.35. The van der Waals surface area contributed by atoms with Crippen LogP contribution in [0.15, 0.2) is 54.9 Å². The van der Waals surface area contributed by atoms with E-state index in [1.807, 2.05) is 28.8 Å². The van der Waals surface area contributed by atoms with Gasteiger partial charge in [-0.2, -0.15) is 0 Å². The van der Waals surface area contributed by atoms with E-state index < -0.39 is 0 Å². The molecule has 1 N–H and O–H groups in total. The van der Waals surface area contributed by atoms with Gasteiger partial charge in [-0.15, -0.1) is 0 Å². The Labute approximate surface area is 158 Å². The van der Waals surface area contributed by atoms with Gasteiger partial charge in [0.05, 0.1) is 0 Å². The molecule has 136 valence electrons. The van der Waals surface area contributed by atoms with Crippen molar-refractivity contribution in [3.8, 4) is 11.1 Å². The van der Waals surface area contributed by atoms with E-state index in [-0.39, 0.29) is 11.9 Å². The molecule has 0 saturated carbocycles. The van der Waals surface area contributed by atoms with Gasteiger partial charge in [0.25, 0.3) is 5.91 Å². The standard InChI is InChI=1S/C22H22N4O/c1-25-10-9-24-21(25)20-14-23-8-11-26(20)22(27)16-6-7-19-17(13-16)12-15-4-2-3-5-18(15)19/h2-7,9-10,13,20,23H,8,11-12,14H2,1H3. The molecular formula is C22H22N4O. The summed E-state index contributed by atoms with van der Waals surface area (Å²) in [6.07, 6.45) is 4.62. The number of nitrogens with one attached hydrogen (secondary N) is 1. The summed E-state index contributed by atoms with van der Waals surface area (Å²) in [7, 11) is 1.98. The summed E-state index contributed by atoms with van der Waals surface area (Å²) in [5.74, 6) is 1.01. The van der Waals surface area contributed by atoms with Crippen LogP contribution in [0.5, 0.6) is 0 Å². The van der Waals surface area contributed by atoms with Gasteiger partial charge in [0.15, 0.2) is 0 Å². The normalized spacial score (nSPS) is 18.3. The first kappa shape index (κ1) is 16.3. The molecule has 1 atom stereocenters. The Hall–Kier alpha value is -2.92. The maximum Gasteiger partial charge on any atom is 0.254 e. The fraction of sp³-hybridized carbons (Fsp3) is 0.273. The number of imidazole rings is 1. The van der Waals surface area contributed by atoms with E-state index in [9.17, 15) is 4.79 Å². The third-order valence-electron chi connectivity index (χ3n) is 5.70. The van der Waals surface area contributed by atoms with Gasteiger partial charge in [0.1, 0.15) is 11.9 Å². The topological polar surface area (TPSA) is 50.2 Å². The highest BCUT2D eigenvalue weighted by Crippen LogP contribution is 2.37. The lowest BCUT2D eigenvalue weighted by Crippen LogP contribution is -2.49. The third-order valence-corrected chi connectivity index (χ3v) is 5.70. The predicted octanol–water partition coefficient (Wildman–Crippen LogP) is 2.78. The van der Waals surface area contributed by atoms with Gasteiger partial charge in [-0.1, -0.05) is 30.3 Å². The summed E-state index contributed by atoms with van der Waals surface area (Å²) >= 11 is 0. The summed E-state index contributed by atoms with van der Waals surface area (Å²) in [6, 6.07) is 14.6. The Kier molecular flexibility index (Phi) is 3.83. The molecule has 2 aliphatic rings. The number of piperazine rings is 1. The zero-order chi connectivity index (χ0) is 18.4. The smallest absolute Gasteiger partial charge is 0.254 e. The van der Waals surface area contributed by atoms with E-state index in [0.29, 0.717) is 6.54 Å². The number of aromatic nitrogens is 2. The van der Waals surface area contributed by atoms with Crippen LogP contribution in [-0.2, 0) is 13.5 Å². The molecule has 5 heteroatoms. The number of benzene rings is 2. The molecule has 1 fully saturated rings. The number of aryl methyl sites for hydroxylation is 1. The van der Waals surface area contributed by atoms with E-state index in [1.54, 1.807) is 6.20 Å². The molecule has 0 spiro atoms. The third kappa shape index (κ3) is 2.66. The van der Waals surface area contributed by atoms with E-state index in [1.165, 1.54) is 22.3 Å². The molecule has 1 aliphatic carbocycles. The fourth-order valence-corrected chi connectivity index (χ4v) is 4.32. The van der Waals surface area contributed by atoms with Crippen molar-refractivity contribution in [1.82, 2.24) is 19.8 Å². The minimum Gasteiger partial charge on any atom is -0.336 e. The number of fused-ring (bicyclic) bond motifs is 3. The summed E-state index contributed by atoms with van der Waals surface area (Å²) in [4.78, 5) is 19.8. The van der Waals surface area contributed by atoms with Gasteiger partial charge >= 0.3 is 0 Å². The molecule has 1 aromatic heterocycles. The number of nitrogens with zero attached hydrogens (tertiary/aromatic N) is 3. The molecule has 2 heterocycles. The van der Waals surface area contributed by atoms with E-state index >= 15 is 0 Å². The van der Waals surface area contributed by atoms with Crippen LogP contribution in [-0.4, -0.2) is 40.0 Å². The average molecular weight is 358 g/mol. The lowest BCUT2D eigenvalue weighted by Gasteiger charge is -2.36. The average Bonchev–Trinajstić information content (AvgIpc) is 3.30. The zero-order valence-corrected chi connectivity index (χ0v) is 15.4.